The van der Waals surface area contributed by atoms with E-state index in [-0.39, 0.29) is 0 Å². The van der Waals surface area contributed by atoms with Gasteiger partial charge in [0, 0.05) is 24.9 Å². The molecule has 16 heavy (non-hydrogen) atoms. The minimum Gasteiger partial charge on any atom is -0.306 e. The average Bonchev–Trinajstić information content (AvgIpc) is 2.30. The van der Waals surface area contributed by atoms with E-state index in [0.29, 0.717) is 11.8 Å². The third-order valence-electron chi connectivity index (χ3n) is 4.35. The van der Waals surface area contributed by atoms with E-state index >= 15 is 0 Å². The summed E-state index contributed by atoms with van der Waals surface area (Å²) in [5, 5.41) is 0. The number of Topliss-reactive ketones (excluding diaryl/α,β-unsaturated/α-hetero) is 1. The largest absolute Gasteiger partial charge is 0.306 e. The first-order valence-electron chi connectivity index (χ1n) is 6.59. The second-order valence-electron chi connectivity index (χ2n) is 5.47. The van der Waals surface area contributed by atoms with Crippen molar-refractivity contribution in [3.63, 3.8) is 0 Å². The highest BCUT2D eigenvalue weighted by atomic mass is 16.1. The maximum Gasteiger partial charge on any atom is 0.133 e. The summed E-state index contributed by atoms with van der Waals surface area (Å²) in [6, 6.07) is 1.40. The van der Waals surface area contributed by atoms with Gasteiger partial charge in [-0.05, 0) is 52.9 Å². The van der Waals surface area contributed by atoms with Gasteiger partial charge in [-0.3, -0.25) is 4.79 Å². The van der Waals surface area contributed by atoms with Crippen molar-refractivity contribution in [2.75, 3.05) is 27.2 Å². The Morgan fingerprint density at radius 3 is 2.12 bits per heavy atom. The standard InChI is InChI=1S/C13H24N2O/c1-14-9-7-12(8-10-14)15(2)11-3-5-13(16)6-4-11/h11-12H,3-10H2,1-2H3. The normalized spacial score (nSPS) is 26.6. The van der Waals surface area contributed by atoms with Gasteiger partial charge in [-0.15, -0.1) is 0 Å². The Kier molecular flexibility index (Phi) is 3.98. The van der Waals surface area contributed by atoms with Gasteiger partial charge in [-0.25, -0.2) is 0 Å². The fourth-order valence-corrected chi connectivity index (χ4v) is 3.03. The molecule has 2 rings (SSSR count). The Hall–Kier alpha value is -0.410. The van der Waals surface area contributed by atoms with E-state index in [0.717, 1.165) is 31.7 Å². The van der Waals surface area contributed by atoms with Crippen molar-refractivity contribution in [2.45, 2.75) is 50.6 Å². The summed E-state index contributed by atoms with van der Waals surface area (Å²) in [7, 11) is 4.46. The van der Waals surface area contributed by atoms with Crippen LogP contribution in [0.25, 0.3) is 0 Å². The average molecular weight is 224 g/mol. The molecule has 0 unspecified atom stereocenters. The third-order valence-corrected chi connectivity index (χ3v) is 4.35. The summed E-state index contributed by atoms with van der Waals surface area (Å²) in [4.78, 5) is 16.2. The molecule has 0 aromatic rings. The quantitative estimate of drug-likeness (QED) is 0.710. The summed E-state index contributed by atoms with van der Waals surface area (Å²) in [5.74, 6) is 0.466. The Morgan fingerprint density at radius 1 is 1.06 bits per heavy atom. The lowest BCUT2D eigenvalue weighted by Crippen LogP contribution is -2.47. The molecule has 0 bridgehead atoms. The fraction of sp³-hybridized carbons (Fsp3) is 0.923. The lowest BCUT2D eigenvalue weighted by molar-refractivity contribution is -0.121. The van der Waals surface area contributed by atoms with E-state index in [1.165, 1.54) is 25.9 Å². The molecule has 2 aliphatic rings. The lowest BCUT2D eigenvalue weighted by Gasteiger charge is -2.40. The molecule has 1 aliphatic heterocycles. The van der Waals surface area contributed by atoms with Crippen molar-refractivity contribution in [1.82, 2.24) is 9.80 Å². The summed E-state index contributed by atoms with van der Waals surface area (Å²) < 4.78 is 0. The zero-order chi connectivity index (χ0) is 11.5. The van der Waals surface area contributed by atoms with Gasteiger partial charge in [-0.1, -0.05) is 0 Å². The number of rotatable bonds is 2. The molecule has 0 N–H and O–H groups in total. The smallest absolute Gasteiger partial charge is 0.133 e. The SMILES string of the molecule is CN1CCC(N(C)C2CCC(=O)CC2)CC1. The molecular weight excluding hydrogens is 200 g/mol. The number of carbonyl (C=O) groups excluding carboxylic acids is 1. The molecular formula is C13H24N2O. The Balaban J connectivity index is 1.82. The number of ketones is 1. The topological polar surface area (TPSA) is 23.6 Å². The van der Waals surface area contributed by atoms with E-state index in [2.05, 4.69) is 23.9 Å². The van der Waals surface area contributed by atoms with E-state index in [9.17, 15) is 4.79 Å². The molecule has 0 radical (unpaired) electrons. The van der Waals surface area contributed by atoms with Crippen molar-refractivity contribution in [1.29, 1.82) is 0 Å². The molecule has 2 fully saturated rings. The van der Waals surface area contributed by atoms with Gasteiger partial charge in [0.05, 0.1) is 0 Å². The minimum atomic E-state index is 0.466. The van der Waals surface area contributed by atoms with Crippen LogP contribution in [0.15, 0.2) is 0 Å². The molecule has 1 heterocycles. The summed E-state index contributed by atoms with van der Waals surface area (Å²) in [6.07, 6.45) is 6.36. The highest BCUT2D eigenvalue weighted by Crippen LogP contribution is 2.24. The van der Waals surface area contributed by atoms with Crippen LogP contribution in [-0.2, 0) is 4.79 Å². The molecule has 1 aliphatic carbocycles. The molecule has 3 heteroatoms. The second-order valence-corrected chi connectivity index (χ2v) is 5.47. The molecule has 1 saturated heterocycles. The van der Waals surface area contributed by atoms with Crippen molar-refractivity contribution in [3.05, 3.63) is 0 Å². The molecule has 3 nitrogen and oxygen atoms in total. The van der Waals surface area contributed by atoms with Gasteiger partial charge in [0.15, 0.2) is 0 Å². The predicted octanol–water partition coefficient (Wildman–Crippen LogP) is 1.52. The van der Waals surface area contributed by atoms with E-state index < -0.39 is 0 Å². The maximum atomic E-state index is 11.2. The lowest BCUT2D eigenvalue weighted by atomic mass is 9.91. The van der Waals surface area contributed by atoms with Crippen LogP contribution in [0.1, 0.15) is 38.5 Å². The van der Waals surface area contributed by atoms with Crippen LogP contribution < -0.4 is 0 Å². The van der Waals surface area contributed by atoms with Crippen LogP contribution in [0.2, 0.25) is 0 Å². The van der Waals surface area contributed by atoms with Gasteiger partial charge < -0.3 is 9.80 Å². The predicted molar refractivity (Wildman–Crippen MR) is 65.5 cm³/mol. The van der Waals surface area contributed by atoms with Crippen molar-refractivity contribution in [3.8, 4) is 0 Å². The number of nitrogens with zero attached hydrogens (tertiary/aromatic N) is 2. The van der Waals surface area contributed by atoms with E-state index in [1.807, 2.05) is 0 Å². The van der Waals surface area contributed by atoms with Gasteiger partial charge in [0.2, 0.25) is 0 Å². The number of hydrogen-bond donors (Lipinski definition) is 0. The van der Waals surface area contributed by atoms with Gasteiger partial charge in [-0.2, -0.15) is 0 Å². The third kappa shape index (κ3) is 2.83. The highest BCUT2D eigenvalue weighted by Gasteiger charge is 2.28. The molecule has 0 amide bonds. The summed E-state index contributed by atoms with van der Waals surface area (Å²) in [6.45, 7) is 2.45. The Morgan fingerprint density at radius 2 is 1.56 bits per heavy atom. The van der Waals surface area contributed by atoms with Crippen LogP contribution in [0.4, 0.5) is 0 Å². The van der Waals surface area contributed by atoms with Crippen molar-refractivity contribution >= 4 is 5.78 Å². The van der Waals surface area contributed by atoms with Crippen molar-refractivity contribution < 1.29 is 4.79 Å². The van der Waals surface area contributed by atoms with Crippen LogP contribution in [-0.4, -0.2) is 54.9 Å². The number of hydrogen-bond acceptors (Lipinski definition) is 3. The monoisotopic (exact) mass is 224 g/mol. The molecule has 0 spiro atoms. The number of likely N-dealkylation sites (tertiary alicyclic amines) is 1. The zero-order valence-electron chi connectivity index (χ0n) is 10.6. The van der Waals surface area contributed by atoms with Crippen molar-refractivity contribution in [2.24, 2.45) is 0 Å². The Labute approximate surface area is 98.8 Å². The van der Waals surface area contributed by atoms with Gasteiger partial charge in [0.1, 0.15) is 5.78 Å². The maximum absolute atomic E-state index is 11.2. The van der Waals surface area contributed by atoms with Gasteiger partial charge in [0.25, 0.3) is 0 Å². The zero-order valence-corrected chi connectivity index (χ0v) is 10.6. The summed E-state index contributed by atoms with van der Waals surface area (Å²) in [5.41, 5.74) is 0. The van der Waals surface area contributed by atoms with Gasteiger partial charge >= 0.3 is 0 Å². The van der Waals surface area contributed by atoms with E-state index in [1.54, 1.807) is 0 Å². The molecule has 0 aromatic heterocycles. The van der Waals surface area contributed by atoms with Crippen LogP contribution >= 0.6 is 0 Å². The molecule has 92 valence electrons. The summed E-state index contributed by atoms with van der Waals surface area (Å²) >= 11 is 0. The first kappa shape index (κ1) is 12.1. The first-order valence-corrected chi connectivity index (χ1v) is 6.59. The first-order chi connectivity index (χ1) is 7.66. The fourth-order valence-electron chi connectivity index (χ4n) is 3.03. The van der Waals surface area contributed by atoms with Crippen LogP contribution in [0.3, 0.4) is 0 Å². The molecule has 0 aromatic carbocycles. The number of piperidine rings is 1. The molecule has 1 saturated carbocycles. The Bertz CT molecular complexity index is 236. The second kappa shape index (κ2) is 5.28. The highest BCUT2D eigenvalue weighted by molar-refractivity contribution is 5.79. The molecule has 0 atom stereocenters. The van der Waals surface area contributed by atoms with Crippen LogP contribution in [0, 0.1) is 0 Å². The van der Waals surface area contributed by atoms with E-state index in [4.69, 9.17) is 0 Å². The van der Waals surface area contributed by atoms with Crippen LogP contribution in [0.5, 0.6) is 0 Å². The number of carbonyl (C=O) groups is 1. The minimum absolute atomic E-state index is 0.466.